The molecule has 0 radical (unpaired) electrons. The smallest absolute Gasteiger partial charge is 0.330 e. The van der Waals surface area contributed by atoms with E-state index in [4.69, 9.17) is 0 Å². The second-order valence-electron chi connectivity index (χ2n) is 3.40. The quantitative estimate of drug-likeness (QED) is 0.499. The van der Waals surface area contributed by atoms with Crippen LogP contribution in [-0.4, -0.2) is 22.6 Å². The number of imidazole rings is 1. The molecule has 2 heterocycles. The molecule has 0 fully saturated rings. The van der Waals surface area contributed by atoms with Gasteiger partial charge in [0.15, 0.2) is 0 Å². The molecule has 74 valence electrons. The van der Waals surface area contributed by atoms with E-state index in [-0.39, 0.29) is 5.97 Å². The average molecular weight is 192 g/mol. The third-order valence-electron chi connectivity index (χ3n) is 2.44. The number of aromatic nitrogens is 2. The zero-order valence-electron chi connectivity index (χ0n) is 8.23. The van der Waals surface area contributed by atoms with E-state index in [1.807, 2.05) is 6.20 Å². The van der Waals surface area contributed by atoms with E-state index in [1.54, 1.807) is 6.20 Å². The second-order valence-corrected chi connectivity index (χ2v) is 3.40. The number of carbonyl (C=O) groups excluding carboxylic acids is 1. The first-order valence-electron chi connectivity index (χ1n) is 4.54. The van der Waals surface area contributed by atoms with E-state index in [2.05, 4.69) is 21.2 Å². The molecular weight excluding hydrogens is 180 g/mol. The largest absolute Gasteiger partial charge is 0.466 e. The van der Waals surface area contributed by atoms with Gasteiger partial charge in [0.25, 0.3) is 0 Å². The van der Waals surface area contributed by atoms with Crippen LogP contribution in [0.5, 0.6) is 0 Å². The van der Waals surface area contributed by atoms with Crippen LogP contribution in [0.25, 0.3) is 5.57 Å². The van der Waals surface area contributed by atoms with Crippen molar-refractivity contribution in [2.45, 2.75) is 19.4 Å². The molecule has 0 saturated heterocycles. The molecule has 0 bridgehead atoms. The van der Waals surface area contributed by atoms with E-state index in [0.29, 0.717) is 6.04 Å². The number of rotatable bonds is 1. The maximum atomic E-state index is 11.1. The fraction of sp³-hybridized carbons (Fsp3) is 0.400. The number of methoxy groups -OCH3 is 1. The van der Waals surface area contributed by atoms with Gasteiger partial charge in [0.1, 0.15) is 5.82 Å². The number of ether oxygens (including phenoxy) is 1. The van der Waals surface area contributed by atoms with Crippen LogP contribution in [0.1, 0.15) is 25.2 Å². The van der Waals surface area contributed by atoms with Crippen LogP contribution in [-0.2, 0) is 9.53 Å². The molecule has 0 saturated carbocycles. The number of fused-ring (bicyclic) bond motifs is 1. The molecule has 0 spiro atoms. The Balaban J connectivity index is 2.35. The Hall–Kier alpha value is -1.58. The highest BCUT2D eigenvalue weighted by atomic mass is 16.5. The molecule has 2 rings (SSSR count). The molecule has 0 amide bonds. The van der Waals surface area contributed by atoms with Gasteiger partial charge in [-0.1, -0.05) is 0 Å². The van der Waals surface area contributed by atoms with Crippen molar-refractivity contribution in [2.24, 2.45) is 0 Å². The molecular formula is C10H12N2O2. The Morgan fingerprint density at radius 2 is 2.57 bits per heavy atom. The van der Waals surface area contributed by atoms with E-state index in [1.165, 1.54) is 13.2 Å². The molecule has 0 aromatic carbocycles. The van der Waals surface area contributed by atoms with Crippen LogP contribution in [0.2, 0.25) is 0 Å². The van der Waals surface area contributed by atoms with Crippen LogP contribution >= 0.6 is 0 Å². The topological polar surface area (TPSA) is 44.1 Å². The highest BCUT2D eigenvalue weighted by molar-refractivity contribution is 5.91. The zero-order chi connectivity index (χ0) is 10.1. The Bertz CT molecular complexity index is 393. The van der Waals surface area contributed by atoms with Crippen molar-refractivity contribution in [1.82, 2.24) is 9.55 Å². The predicted octanol–water partition coefficient (Wildman–Crippen LogP) is 1.40. The monoisotopic (exact) mass is 192 g/mol. The summed E-state index contributed by atoms with van der Waals surface area (Å²) in [5.74, 6) is 0.562. The van der Waals surface area contributed by atoms with Gasteiger partial charge >= 0.3 is 5.97 Å². The van der Waals surface area contributed by atoms with Gasteiger partial charge in [-0.05, 0) is 13.3 Å². The first-order valence-corrected chi connectivity index (χ1v) is 4.54. The first-order chi connectivity index (χ1) is 6.72. The van der Waals surface area contributed by atoms with Crippen molar-refractivity contribution in [3.63, 3.8) is 0 Å². The molecule has 1 unspecified atom stereocenters. The van der Waals surface area contributed by atoms with Crippen LogP contribution < -0.4 is 0 Å². The van der Waals surface area contributed by atoms with Crippen LogP contribution in [0.15, 0.2) is 18.5 Å². The molecule has 4 heteroatoms. The van der Waals surface area contributed by atoms with Crippen molar-refractivity contribution in [3.05, 3.63) is 24.3 Å². The first kappa shape index (κ1) is 8.99. The summed E-state index contributed by atoms with van der Waals surface area (Å²) in [6.45, 7) is 2.10. The number of hydrogen-bond acceptors (Lipinski definition) is 3. The summed E-state index contributed by atoms with van der Waals surface area (Å²) >= 11 is 0. The summed E-state index contributed by atoms with van der Waals surface area (Å²) in [6.07, 6.45) is 6.04. The molecule has 0 N–H and O–H groups in total. The minimum absolute atomic E-state index is 0.316. The third kappa shape index (κ3) is 1.32. The highest BCUT2D eigenvalue weighted by Crippen LogP contribution is 2.33. The van der Waals surface area contributed by atoms with Gasteiger partial charge in [-0.15, -0.1) is 0 Å². The standard InChI is InChI=1S/C10H12N2O2/c1-7-5-8(6-9(13)14-2)10-11-3-4-12(7)10/h3-4,6-7H,5H2,1-2H3/b8-6-. The van der Waals surface area contributed by atoms with Gasteiger partial charge in [-0.2, -0.15) is 0 Å². The molecule has 1 aromatic heterocycles. The van der Waals surface area contributed by atoms with Gasteiger partial charge in [0.2, 0.25) is 0 Å². The van der Waals surface area contributed by atoms with E-state index >= 15 is 0 Å². The van der Waals surface area contributed by atoms with E-state index in [9.17, 15) is 4.79 Å². The molecule has 0 aliphatic carbocycles. The lowest BCUT2D eigenvalue weighted by atomic mass is 10.1. The van der Waals surface area contributed by atoms with Crippen molar-refractivity contribution in [2.75, 3.05) is 7.11 Å². The van der Waals surface area contributed by atoms with Crippen molar-refractivity contribution >= 4 is 11.5 Å². The summed E-state index contributed by atoms with van der Waals surface area (Å²) in [6, 6.07) is 0.378. The molecule has 1 atom stereocenters. The second kappa shape index (κ2) is 3.29. The van der Waals surface area contributed by atoms with E-state index in [0.717, 1.165) is 17.8 Å². The van der Waals surface area contributed by atoms with Crippen LogP contribution in [0, 0.1) is 0 Å². The molecule has 1 aliphatic rings. The highest BCUT2D eigenvalue weighted by Gasteiger charge is 2.23. The Kier molecular flexibility index (Phi) is 2.11. The van der Waals surface area contributed by atoms with Crippen molar-refractivity contribution in [1.29, 1.82) is 0 Å². The number of carbonyl (C=O) groups is 1. The lowest BCUT2D eigenvalue weighted by molar-refractivity contribution is -0.134. The molecule has 4 nitrogen and oxygen atoms in total. The van der Waals surface area contributed by atoms with Gasteiger partial charge in [-0.25, -0.2) is 9.78 Å². The maximum Gasteiger partial charge on any atom is 0.330 e. The summed E-state index contributed by atoms with van der Waals surface area (Å²) in [7, 11) is 1.38. The predicted molar refractivity (Wildman–Crippen MR) is 51.5 cm³/mol. The fourth-order valence-corrected chi connectivity index (χ4v) is 1.75. The number of esters is 1. The summed E-state index contributed by atoms with van der Waals surface area (Å²) in [5, 5.41) is 0. The molecule has 1 aromatic rings. The molecule has 14 heavy (non-hydrogen) atoms. The lowest BCUT2D eigenvalue weighted by Gasteiger charge is -2.01. The van der Waals surface area contributed by atoms with Gasteiger partial charge < -0.3 is 9.30 Å². The maximum absolute atomic E-state index is 11.1. The minimum Gasteiger partial charge on any atom is -0.466 e. The Labute approximate surface area is 82.2 Å². The number of nitrogens with zero attached hydrogens (tertiary/aromatic N) is 2. The van der Waals surface area contributed by atoms with Crippen molar-refractivity contribution < 1.29 is 9.53 Å². The van der Waals surface area contributed by atoms with Crippen molar-refractivity contribution in [3.8, 4) is 0 Å². The van der Waals surface area contributed by atoms with Crippen LogP contribution in [0.3, 0.4) is 0 Å². The normalized spacial score (nSPS) is 22.4. The van der Waals surface area contributed by atoms with Crippen LogP contribution in [0.4, 0.5) is 0 Å². The number of hydrogen-bond donors (Lipinski definition) is 0. The average Bonchev–Trinajstić information content (AvgIpc) is 2.72. The SMILES string of the molecule is COC(=O)/C=C1/CC(C)n2ccnc21. The minimum atomic E-state index is -0.316. The van der Waals surface area contributed by atoms with Gasteiger partial charge in [-0.3, -0.25) is 0 Å². The Morgan fingerprint density at radius 3 is 3.29 bits per heavy atom. The Morgan fingerprint density at radius 1 is 1.79 bits per heavy atom. The third-order valence-corrected chi connectivity index (χ3v) is 2.44. The summed E-state index contributed by atoms with van der Waals surface area (Å²) in [4.78, 5) is 15.3. The van der Waals surface area contributed by atoms with Gasteiger partial charge in [0.05, 0.1) is 7.11 Å². The fourth-order valence-electron chi connectivity index (χ4n) is 1.75. The molecule has 1 aliphatic heterocycles. The zero-order valence-corrected chi connectivity index (χ0v) is 8.23. The summed E-state index contributed by atoms with van der Waals surface area (Å²) < 4.78 is 6.65. The number of allylic oxidation sites excluding steroid dienone is 1. The van der Waals surface area contributed by atoms with E-state index < -0.39 is 0 Å². The lowest BCUT2D eigenvalue weighted by Crippen LogP contribution is -1.96. The summed E-state index contributed by atoms with van der Waals surface area (Å²) in [5.41, 5.74) is 0.953. The van der Waals surface area contributed by atoms with Gasteiger partial charge in [0, 0.05) is 30.1 Å².